The molecule has 0 bridgehead atoms. The Bertz CT molecular complexity index is 225. The maximum Gasteiger partial charge on any atom is 0 e. The molecule has 11 heavy (non-hydrogen) atoms. The van der Waals surface area contributed by atoms with Crippen LogP contribution < -0.4 is 5.73 Å². The summed E-state index contributed by atoms with van der Waals surface area (Å²) in [6.45, 7) is 3.87. The molecular weight excluding hydrogens is 383 g/mol. The zero-order valence-corrected chi connectivity index (χ0v) is 12.4. The Morgan fingerprint density at radius 2 is 1.91 bits per heavy atom. The van der Waals surface area contributed by atoms with Gasteiger partial charge in [-0.2, -0.15) is 5.69 Å². The summed E-state index contributed by atoms with van der Waals surface area (Å²) in [7, 11) is 0. The quantitative estimate of drug-likeness (QED) is 0.526. The third kappa shape index (κ3) is 4.40. The van der Waals surface area contributed by atoms with Gasteiger partial charge in [-0.05, 0) is 0 Å². The molecule has 0 aromatic heterocycles. The molecule has 1 rings (SSSR count). The van der Waals surface area contributed by atoms with E-state index in [0.29, 0.717) is 0 Å². The number of aryl methyl sites for hydroxylation is 2. The zero-order chi connectivity index (χ0) is 6.85. The van der Waals surface area contributed by atoms with Crippen LogP contribution in [0.1, 0.15) is 11.1 Å². The van der Waals surface area contributed by atoms with Crippen molar-refractivity contribution in [1.82, 2.24) is 0 Å². The molecule has 0 aliphatic carbocycles. The second kappa shape index (κ2) is 6.34. The van der Waals surface area contributed by atoms with Crippen LogP contribution in [-0.2, 0) is 53.8 Å². The first-order valence-electron chi connectivity index (χ1n) is 2.87. The zero-order valence-electron chi connectivity index (χ0n) is 6.64. The molecule has 2 N–H and O–H groups in total. The third-order valence-corrected chi connectivity index (χ3v) is 1.25. The second-order valence-corrected chi connectivity index (χ2v) is 2.14. The number of benzene rings is 1. The first kappa shape index (κ1) is 14.3. The molecule has 0 aliphatic heterocycles. The number of rotatable bonds is 0. The summed E-state index contributed by atoms with van der Waals surface area (Å²) in [6, 6.07) is 7.84. The Morgan fingerprint density at radius 1 is 1.36 bits per heavy atom. The SMILES string of the molecule is Cc1[c-]cc(C)c(N)[c-]1.[W].[Y]. The van der Waals surface area contributed by atoms with E-state index in [1.807, 2.05) is 19.9 Å². The van der Waals surface area contributed by atoms with Crippen molar-refractivity contribution in [3.05, 3.63) is 29.3 Å². The van der Waals surface area contributed by atoms with Gasteiger partial charge in [0.25, 0.3) is 0 Å². The summed E-state index contributed by atoms with van der Waals surface area (Å²) in [4.78, 5) is 0. The van der Waals surface area contributed by atoms with E-state index in [1.54, 1.807) is 0 Å². The smallest absolute Gasteiger partial charge is 0 e. The van der Waals surface area contributed by atoms with Gasteiger partial charge in [0.15, 0.2) is 0 Å². The maximum absolute atomic E-state index is 5.55. The monoisotopic (exact) mass is 392 g/mol. The van der Waals surface area contributed by atoms with Gasteiger partial charge in [0.1, 0.15) is 0 Å². The van der Waals surface area contributed by atoms with Crippen molar-refractivity contribution >= 4 is 5.69 Å². The predicted octanol–water partition coefficient (Wildman–Crippen LogP) is 1.48. The fraction of sp³-hybridized carbons (Fsp3) is 0.250. The molecule has 1 aromatic carbocycles. The van der Waals surface area contributed by atoms with E-state index in [1.165, 1.54) is 0 Å². The third-order valence-electron chi connectivity index (χ3n) is 1.25. The average molecular weight is 392 g/mol. The summed E-state index contributed by atoms with van der Waals surface area (Å²) < 4.78 is 0. The van der Waals surface area contributed by atoms with Crippen molar-refractivity contribution in [3.8, 4) is 0 Å². The predicted molar refractivity (Wildman–Crippen MR) is 38.0 cm³/mol. The first-order chi connectivity index (χ1) is 4.20. The van der Waals surface area contributed by atoms with Crippen LogP contribution in [0.5, 0.6) is 0 Å². The minimum absolute atomic E-state index is 0. The Kier molecular flexibility index (Phi) is 8.27. The summed E-state index contributed by atoms with van der Waals surface area (Å²) in [6.07, 6.45) is 0. The van der Waals surface area contributed by atoms with Gasteiger partial charge in [0.05, 0.1) is 0 Å². The molecule has 1 aromatic rings. The first-order valence-corrected chi connectivity index (χ1v) is 2.87. The number of hydrogen-bond acceptors (Lipinski definition) is 1. The van der Waals surface area contributed by atoms with Crippen molar-refractivity contribution in [2.75, 3.05) is 5.73 Å². The molecule has 0 unspecified atom stereocenters. The molecule has 0 fully saturated rings. The van der Waals surface area contributed by atoms with Crippen molar-refractivity contribution in [3.63, 3.8) is 0 Å². The van der Waals surface area contributed by atoms with E-state index < -0.39 is 0 Å². The Balaban J connectivity index is 0. The van der Waals surface area contributed by atoms with Crippen LogP contribution in [0.4, 0.5) is 5.69 Å². The van der Waals surface area contributed by atoms with Crippen LogP contribution >= 0.6 is 0 Å². The van der Waals surface area contributed by atoms with Crippen LogP contribution in [0.25, 0.3) is 0 Å². The Labute approximate surface area is 107 Å². The number of anilines is 1. The molecule has 0 aliphatic rings. The van der Waals surface area contributed by atoms with Gasteiger partial charge in [-0.1, -0.05) is 6.92 Å². The Hall–Kier alpha value is 0.812. The average Bonchev–Trinajstić information content (AvgIpc) is 1.80. The van der Waals surface area contributed by atoms with Crippen LogP contribution in [0.2, 0.25) is 0 Å². The van der Waals surface area contributed by atoms with Crippen LogP contribution in [0.3, 0.4) is 0 Å². The normalized spacial score (nSPS) is 7.82. The van der Waals surface area contributed by atoms with E-state index in [-0.39, 0.29) is 53.8 Å². The van der Waals surface area contributed by atoms with Crippen LogP contribution in [0, 0.1) is 26.0 Å². The summed E-state index contributed by atoms with van der Waals surface area (Å²) in [5.41, 5.74) is 8.29. The summed E-state index contributed by atoms with van der Waals surface area (Å²) >= 11 is 0. The Morgan fingerprint density at radius 3 is 2.27 bits per heavy atom. The van der Waals surface area contributed by atoms with Crippen molar-refractivity contribution in [1.29, 1.82) is 0 Å². The van der Waals surface area contributed by atoms with Gasteiger partial charge in [-0.15, -0.1) is 6.92 Å². The minimum Gasteiger partial charge on any atom is -0.442 e. The molecule has 0 spiro atoms. The minimum atomic E-state index is 0. The topological polar surface area (TPSA) is 26.0 Å². The molecule has 57 valence electrons. The molecule has 0 atom stereocenters. The molecule has 0 heterocycles. The fourth-order valence-electron chi connectivity index (χ4n) is 0.631. The van der Waals surface area contributed by atoms with Crippen molar-refractivity contribution < 1.29 is 53.8 Å². The fourth-order valence-corrected chi connectivity index (χ4v) is 0.631. The number of nitrogens with two attached hydrogens (primary N) is 1. The summed E-state index contributed by atoms with van der Waals surface area (Å²) in [5, 5.41) is 0. The largest absolute Gasteiger partial charge is 0.442 e. The standard InChI is InChI=1S/C8H9N.W.Y/c1-6-3-4-7(2)8(9)5-6;;/h4H,9H2,1-2H3;;/q-2;;. The van der Waals surface area contributed by atoms with Gasteiger partial charge < -0.3 is 17.9 Å². The van der Waals surface area contributed by atoms with E-state index in [4.69, 9.17) is 5.73 Å². The summed E-state index contributed by atoms with van der Waals surface area (Å²) in [5.74, 6) is 0. The van der Waals surface area contributed by atoms with Crippen LogP contribution in [-0.4, -0.2) is 0 Å². The number of hydrogen-bond donors (Lipinski definition) is 1. The van der Waals surface area contributed by atoms with Crippen molar-refractivity contribution in [2.45, 2.75) is 13.8 Å². The van der Waals surface area contributed by atoms with E-state index in [0.717, 1.165) is 16.8 Å². The maximum atomic E-state index is 5.55. The van der Waals surface area contributed by atoms with Gasteiger partial charge in [0, 0.05) is 53.8 Å². The molecule has 1 nitrogen and oxygen atoms in total. The molecule has 1 radical (unpaired) electrons. The van der Waals surface area contributed by atoms with Crippen LogP contribution in [0.15, 0.2) is 6.07 Å². The van der Waals surface area contributed by atoms with E-state index >= 15 is 0 Å². The number of nitrogen functional groups attached to an aromatic ring is 1. The van der Waals surface area contributed by atoms with Crippen molar-refractivity contribution in [2.24, 2.45) is 0 Å². The molecule has 0 amide bonds. The van der Waals surface area contributed by atoms with E-state index in [2.05, 4.69) is 12.1 Å². The molecule has 0 saturated carbocycles. The van der Waals surface area contributed by atoms with Gasteiger partial charge in [-0.25, -0.2) is 0 Å². The second-order valence-electron chi connectivity index (χ2n) is 2.14. The van der Waals surface area contributed by atoms with Gasteiger partial charge in [-0.3, -0.25) is 17.2 Å². The molecular formula is C8H9NWY-2. The molecule has 3 heteroatoms. The molecule has 0 saturated heterocycles. The van der Waals surface area contributed by atoms with Gasteiger partial charge in [0.2, 0.25) is 0 Å². The van der Waals surface area contributed by atoms with E-state index in [9.17, 15) is 0 Å². The van der Waals surface area contributed by atoms with Gasteiger partial charge >= 0.3 is 0 Å².